The molecule has 0 bridgehead atoms. The lowest BCUT2D eigenvalue weighted by atomic mass is 9.92. The molecule has 0 atom stereocenters. The zero-order chi connectivity index (χ0) is 44.7. The van der Waals surface area contributed by atoms with Gasteiger partial charge in [-0.2, -0.15) is 9.97 Å². The van der Waals surface area contributed by atoms with Crippen molar-refractivity contribution >= 4 is 75.9 Å². The lowest BCUT2D eigenvalue weighted by Crippen LogP contribution is -2.07. The fourth-order valence-corrected chi connectivity index (χ4v) is 10.5. The van der Waals surface area contributed by atoms with E-state index in [1.54, 1.807) is 0 Å². The highest BCUT2D eigenvalue weighted by atomic mass is 15.2. The molecule has 68 heavy (non-hydrogen) atoms. The van der Waals surface area contributed by atoms with Crippen LogP contribution in [0.4, 0.5) is 0 Å². The molecule has 0 saturated carbocycles. The molecule has 0 aliphatic heterocycles. The highest BCUT2D eigenvalue weighted by Gasteiger charge is 2.24. The Labute approximate surface area is 390 Å². The Bertz CT molecular complexity index is 4250. The quantitative estimate of drug-likeness (QED) is 0.156. The number of para-hydroxylation sites is 2. The van der Waals surface area contributed by atoms with Crippen molar-refractivity contribution in [3.05, 3.63) is 231 Å². The van der Waals surface area contributed by atoms with Crippen molar-refractivity contribution in [2.24, 2.45) is 0 Å². The summed E-state index contributed by atoms with van der Waals surface area (Å²) in [5, 5.41) is 12.2. The van der Waals surface area contributed by atoms with Gasteiger partial charge in [-0.15, -0.1) is 0 Å². The topological polar surface area (TPSA) is 61.4 Å². The number of pyridine rings is 1. The van der Waals surface area contributed by atoms with Crippen LogP contribution in [0.3, 0.4) is 0 Å². The summed E-state index contributed by atoms with van der Waals surface area (Å²) < 4.78 is 4.67. The molecule has 6 nitrogen and oxygen atoms in total. The maximum atomic E-state index is 5.36. The van der Waals surface area contributed by atoms with Gasteiger partial charge in [0.2, 0.25) is 5.95 Å². The van der Waals surface area contributed by atoms with Crippen LogP contribution >= 0.6 is 0 Å². The zero-order valence-electron chi connectivity index (χ0n) is 36.6. The lowest BCUT2D eigenvalue weighted by Gasteiger charge is -2.14. The lowest BCUT2D eigenvalue weighted by molar-refractivity contribution is 0.953. The van der Waals surface area contributed by atoms with Crippen molar-refractivity contribution in [3.8, 4) is 56.8 Å². The maximum Gasteiger partial charge on any atom is 0.238 e. The van der Waals surface area contributed by atoms with Crippen LogP contribution < -0.4 is 0 Å². The molecule has 0 saturated heterocycles. The van der Waals surface area contributed by atoms with Gasteiger partial charge in [-0.05, 0) is 85.9 Å². The van der Waals surface area contributed by atoms with Crippen LogP contribution in [0.15, 0.2) is 231 Å². The monoisotopic (exact) mass is 866 g/mol. The van der Waals surface area contributed by atoms with Crippen molar-refractivity contribution in [1.82, 2.24) is 29.1 Å². The van der Waals surface area contributed by atoms with Crippen molar-refractivity contribution < 1.29 is 0 Å². The second kappa shape index (κ2) is 15.2. The fourth-order valence-electron chi connectivity index (χ4n) is 10.5. The van der Waals surface area contributed by atoms with E-state index >= 15 is 0 Å². The average Bonchev–Trinajstić information content (AvgIpc) is 3.94. The van der Waals surface area contributed by atoms with Crippen molar-refractivity contribution in [2.75, 3.05) is 0 Å². The number of rotatable bonds is 6. The molecule has 0 aliphatic rings. The summed E-state index contributed by atoms with van der Waals surface area (Å²) in [6, 6.07) is 79.8. The summed E-state index contributed by atoms with van der Waals surface area (Å²) in [4.78, 5) is 20.4. The first kappa shape index (κ1) is 38.1. The van der Waals surface area contributed by atoms with Gasteiger partial charge in [0.25, 0.3) is 0 Å². The molecule has 316 valence electrons. The van der Waals surface area contributed by atoms with Crippen LogP contribution in [0, 0.1) is 0 Å². The van der Waals surface area contributed by atoms with Gasteiger partial charge in [-0.1, -0.05) is 182 Å². The summed E-state index contributed by atoms with van der Waals surface area (Å²) >= 11 is 0. The van der Waals surface area contributed by atoms with Gasteiger partial charge in [0.15, 0.2) is 11.6 Å². The second-order valence-electron chi connectivity index (χ2n) is 17.4. The third kappa shape index (κ3) is 5.91. The molecule has 4 aromatic heterocycles. The minimum Gasteiger partial charge on any atom is -0.307 e. The Kier molecular flexibility index (Phi) is 8.48. The van der Waals surface area contributed by atoms with E-state index in [0.717, 1.165) is 71.9 Å². The van der Waals surface area contributed by atoms with E-state index in [0.29, 0.717) is 17.6 Å². The van der Waals surface area contributed by atoms with E-state index in [1.165, 1.54) is 43.3 Å². The minimum absolute atomic E-state index is 0.546. The summed E-state index contributed by atoms with van der Waals surface area (Å²) in [5.74, 6) is 1.74. The molecule has 0 amide bonds. The van der Waals surface area contributed by atoms with Gasteiger partial charge >= 0.3 is 0 Å². The predicted octanol–water partition coefficient (Wildman–Crippen LogP) is 15.6. The van der Waals surface area contributed by atoms with Crippen molar-refractivity contribution in [1.29, 1.82) is 0 Å². The van der Waals surface area contributed by atoms with Crippen LogP contribution in [0.25, 0.3) is 133 Å². The standard InChI is InChI=1S/C62H38N6/c1-2-14-41(15-3-1)60-64-61(42-27-25-40(26-28-42)55-22-12-13-37-63-55)66-62(65-60)68-57-24-11-9-21-51(57)53-36-35-52-50-20-8-10-23-56(50)67(58(52)59(53)68)44-32-29-39(30-33-44)43-31-34-49-47-18-5-4-16-45(47)46-17-6-7-19-48(46)54(49)38-43/h1-38H. The van der Waals surface area contributed by atoms with Gasteiger partial charge in [0, 0.05) is 50.1 Å². The number of nitrogens with zero attached hydrogens (tertiary/aromatic N) is 6. The van der Waals surface area contributed by atoms with Crippen LogP contribution in [-0.4, -0.2) is 29.1 Å². The van der Waals surface area contributed by atoms with E-state index in [4.69, 9.17) is 15.0 Å². The maximum absolute atomic E-state index is 5.36. The molecular weight excluding hydrogens is 829 g/mol. The zero-order valence-corrected chi connectivity index (χ0v) is 36.6. The Morgan fingerprint density at radius 3 is 1.35 bits per heavy atom. The van der Waals surface area contributed by atoms with E-state index in [1.807, 2.05) is 42.6 Å². The molecule has 4 heterocycles. The first-order chi connectivity index (χ1) is 33.7. The molecular formula is C62H38N6. The number of hydrogen-bond donors (Lipinski definition) is 0. The molecule has 0 aliphatic carbocycles. The van der Waals surface area contributed by atoms with Crippen LogP contribution in [0.1, 0.15) is 0 Å². The van der Waals surface area contributed by atoms with E-state index in [2.05, 4.69) is 202 Å². The summed E-state index contributed by atoms with van der Waals surface area (Å²) in [6.45, 7) is 0. The summed E-state index contributed by atoms with van der Waals surface area (Å²) in [5.41, 5.74) is 11.4. The van der Waals surface area contributed by atoms with E-state index < -0.39 is 0 Å². The Morgan fingerprint density at radius 2 is 0.735 bits per heavy atom. The highest BCUT2D eigenvalue weighted by Crippen LogP contribution is 2.43. The van der Waals surface area contributed by atoms with Gasteiger partial charge in [0.1, 0.15) is 0 Å². The number of hydrogen-bond acceptors (Lipinski definition) is 4. The first-order valence-corrected chi connectivity index (χ1v) is 23.0. The van der Waals surface area contributed by atoms with Gasteiger partial charge in [-0.3, -0.25) is 9.55 Å². The van der Waals surface area contributed by atoms with Gasteiger partial charge in [-0.25, -0.2) is 4.98 Å². The molecule has 0 N–H and O–H groups in total. The normalized spacial score (nSPS) is 11.8. The number of aromatic nitrogens is 6. The molecule has 0 spiro atoms. The van der Waals surface area contributed by atoms with Crippen molar-refractivity contribution in [3.63, 3.8) is 0 Å². The van der Waals surface area contributed by atoms with E-state index in [-0.39, 0.29) is 0 Å². The minimum atomic E-state index is 0.546. The predicted molar refractivity (Wildman–Crippen MR) is 281 cm³/mol. The number of fused-ring (bicyclic) bond motifs is 13. The molecule has 0 fully saturated rings. The first-order valence-electron chi connectivity index (χ1n) is 23.0. The second-order valence-corrected chi connectivity index (χ2v) is 17.4. The van der Waals surface area contributed by atoms with Crippen molar-refractivity contribution in [2.45, 2.75) is 0 Å². The van der Waals surface area contributed by atoms with E-state index in [9.17, 15) is 0 Å². The Hall–Kier alpha value is -9.26. The summed E-state index contributed by atoms with van der Waals surface area (Å²) in [7, 11) is 0. The smallest absolute Gasteiger partial charge is 0.238 e. The fraction of sp³-hybridized carbons (Fsp3) is 0. The van der Waals surface area contributed by atoms with Gasteiger partial charge < -0.3 is 4.57 Å². The highest BCUT2D eigenvalue weighted by molar-refractivity contribution is 6.26. The average molecular weight is 867 g/mol. The molecule has 0 unspecified atom stereocenters. The third-order valence-corrected chi connectivity index (χ3v) is 13.6. The molecule has 6 heteroatoms. The van der Waals surface area contributed by atoms with Gasteiger partial charge in [0.05, 0.1) is 27.8 Å². The third-order valence-electron chi connectivity index (χ3n) is 13.6. The Morgan fingerprint density at radius 1 is 0.279 bits per heavy atom. The number of benzene rings is 10. The largest absolute Gasteiger partial charge is 0.307 e. The molecule has 14 rings (SSSR count). The molecule has 10 aromatic carbocycles. The van der Waals surface area contributed by atoms with Crippen LogP contribution in [-0.2, 0) is 0 Å². The SMILES string of the molecule is c1ccc(-c2nc(-c3ccc(-c4ccccn4)cc3)nc(-n3c4ccccc4c4ccc5c6ccccc6n(-c6ccc(-c7ccc8c9ccccc9c9ccccc9c8c7)cc6)c5c43)n2)cc1. The Balaban J connectivity index is 0.984. The van der Waals surface area contributed by atoms with Crippen LogP contribution in [0.5, 0.6) is 0 Å². The van der Waals surface area contributed by atoms with Crippen LogP contribution in [0.2, 0.25) is 0 Å². The molecule has 0 radical (unpaired) electrons. The summed E-state index contributed by atoms with van der Waals surface area (Å²) in [6.07, 6.45) is 1.82. The molecule has 14 aromatic rings.